The fourth-order valence-electron chi connectivity index (χ4n) is 1.59. The Morgan fingerprint density at radius 2 is 2.20 bits per heavy atom. The summed E-state index contributed by atoms with van der Waals surface area (Å²) in [5, 5.41) is 8.56. The first-order chi connectivity index (χ1) is 7.06. The van der Waals surface area contributed by atoms with Crippen LogP contribution in [0.15, 0.2) is 18.2 Å². The van der Waals surface area contributed by atoms with E-state index in [1.54, 1.807) is 6.07 Å². The third-order valence-corrected chi connectivity index (χ3v) is 2.67. The second kappa shape index (κ2) is 4.82. The first-order valence-electron chi connectivity index (χ1n) is 5.06. The normalized spacial score (nSPS) is 12.2. The first-order valence-corrected chi connectivity index (χ1v) is 5.06. The molecule has 0 saturated carbocycles. The van der Waals surface area contributed by atoms with Crippen molar-refractivity contribution in [3.63, 3.8) is 0 Å². The molecule has 0 radical (unpaired) electrons. The molecule has 1 unspecified atom stereocenters. The molecule has 0 aliphatic rings. The van der Waals surface area contributed by atoms with Gasteiger partial charge in [0.25, 0.3) is 0 Å². The fourth-order valence-corrected chi connectivity index (χ4v) is 1.59. The summed E-state index contributed by atoms with van der Waals surface area (Å²) in [6.45, 7) is 6.11. The summed E-state index contributed by atoms with van der Waals surface area (Å²) >= 11 is 0. The number of carboxylic acid groups (broad SMARTS) is 1. The summed E-state index contributed by atoms with van der Waals surface area (Å²) in [6, 6.07) is 5.51. The zero-order valence-corrected chi connectivity index (χ0v) is 9.28. The van der Waals surface area contributed by atoms with Crippen LogP contribution in [0.1, 0.15) is 37.3 Å². The summed E-state index contributed by atoms with van der Waals surface area (Å²) < 4.78 is 4.70. The Bertz CT molecular complexity index is 358. The van der Waals surface area contributed by atoms with Gasteiger partial charge in [-0.3, -0.25) is 0 Å². The molecular formula is C12H16O3. The lowest BCUT2D eigenvalue weighted by Crippen LogP contribution is -2.06. The van der Waals surface area contributed by atoms with Gasteiger partial charge in [-0.15, -0.1) is 0 Å². The standard InChI is InChI=1S/C12H16O3/c1-4-8(2)10-6-5-7-11(9(10)3)15-12(13)14/h5-8H,4H2,1-3H3,(H,13,14). The van der Waals surface area contributed by atoms with Crippen molar-refractivity contribution in [3.05, 3.63) is 29.3 Å². The van der Waals surface area contributed by atoms with E-state index in [-0.39, 0.29) is 0 Å². The van der Waals surface area contributed by atoms with Gasteiger partial charge in [0.15, 0.2) is 0 Å². The molecule has 3 heteroatoms. The Morgan fingerprint density at radius 1 is 1.53 bits per heavy atom. The van der Waals surface area contributed by atoms with Gasteiger partial charge in [-0.2, -0.15) is 0 Å². The van der Waals surface area contributed by atoms with E-state index < -0.39 is 6.16 Å². The number of hydrogen-bond donors (Lipinski definition) is 1. The second-order valence-electron chi connectivity index (χ2n) is 3.65. The minimum atomic E-state index is -1.26. The predicted molar refractivity (Wildman–Crippen MR) is 58.5 cm³/mol. The Hall–Kier alpha value is -1.51. The topological polar surface area (TPSA) is 46.5 Å². The van der Waals surface area contributed by atoms with Crippen molar-refractivity contribution in [3.8, 4) is 5.75 Å². The minimum absolute atomic E-state index is 0.419. The zero-order valence-electron chi connectivity index (χ0n) is 9.28. The second-order valence-corrected chi connectivity index (χ2v) is 3.65. The summed E-state index contributed by atoms with van der Waals surface area (Å²) in [4.78, 5) is 10.4. The van der Waals surface area contributed by atoms with Crippen LogP contribution in [0, 0.1) is 6.92 Å². The van der Waals surface area contributed by atoms with Crippen molar-refractivity contribution >= 4 is 6.16 Å². The highest BCUT2D eigenvalue weighted by atomic mass is 16.7. The molecule has 0 fully saturated rings. The molecule has 1 atom stereocenters. The third-order valence-electron chi connectivity index (χ3n) is 2.67. The summed E-state index contributed by atoms with van der Waals surface area (Å²) in [6.07, 6.45) is -0.239. The molecule has 3 nitrogen and oxygen atoms in total. The Morgan fingerprint density at radius 3 is 2.73 bits per heavy atom. The van der Waals surface area contributed by atoms with Crippen LogP contribution in [-0.4, -0.2) is 11.3 Å². The molecule has 0 bridgehead atoms. The quantitative estimate of drug-likeness (QED) is 0.610. The Labute approximate surface area is 89.7 Å². The van der Waals surface area contributed by atoms with Crippen molar-refractivity contribution in [2.75, 3.05) is 0 Å². The number of carbonyl (C=O) groups is 1. The molecule has 0 heterocycles. The van der Waals surface area contributed by atoms with Gasteiger partial charge in [0.1, 0.15) is 5.75 Å². The SMILES string of the molecule is CCC(C)c1cccc(OC(=O)O)c1C. The van der Waals surface area contributed by atoms with E-state index in [1.807, 2.05) is 19.1 Å². The van der Waals surface area contributed by atoms with Crippen LogP contribution in [-0.2, 0) is 0 Å². The van der Waals surface area contributed by atoms with E-state index in [4.69, 9.17) is 9.84 Å². The van der Waals surface area contributed by atoms with Gasteiger partial charge in [0.2, 0.25) is 0 Å². The van der Waals surface area contributed by atoms with Crippen LogP contribution in [0.2, 0.25) is 0 Å². The monoisotopic (exact) mass is 208 g/mol. The van der Waals surface area contributed by atoms with Crippen molar-refractivity contribution in [2.24, 2.45) is 0 Å². The highest BCUT2D eigenvalue weighted by Crippen LogP contribution is 2.28. The molecule has 15 heavy (non-hydrogen) atoms. The van der Waals surface area contributed by atoms with E-state index in [2.05, 4.69) is 13.8 Å². The van der Waals surface area contributed by atoms with Gasteiger partial charge in [0.05, 0.1) is 0 Å². The van der Waals surface area contributed by atoms with E-state index in [1.165, 1.54) is 0 Å². The van der Waals surface area contributed by atoms with E-state index in [9.17, 15) is 4.79 Å². The van der Waals surface area contributed by atoms with E-state index in [0.29, 0.717) is 11.7 Å². The van der Waals surface area contributed by atoms with Crippen LogP contribution in [0.5, 0.6) is 5.75 Å². The van der Waals surface area contributed by atoms with Crippen LogP contribution in [0.3, 0.4) is 0 Å². The van der Waals surface area contributed by atoms with Crippen molar-refractivity contribution < 1.29 is 14.6 Å². The van der Waals surface area contributed by atoms with Gasteiger partial charge in [-0.1, -0.05) is 26.0 Å². The van der Waals surface area contributed by atoms with Crippen LogP contribution in [0.4, 0.5) is 4.79 Å². The maximum absolute atomic E-state index is 10.4. The fraction of sp³-hybridized carbons (Fsp3) is 0.417. The number of rotatable bonds is 3. The molecule has 1 aromatic carbocycles. The van der Waals surface area contributed by atoms with E-state index in [0.717, 1.165) is 17.5 Å². The van der Waals surface area contributed by atoms with E-state index >= 15 is 0 Å². The van der Waals surface area contributed by atoms with Crippen LogP contribution >= 0.6 is 0 Å². The molecule has 82 valence electrons. The molecule has 0 aliphatic carbocycles. The molecule has 0 aromatic heterocycles. The van der Waals surface area contributed by atoms with Gasteiger partial charge >= 0.3 is 6.16 Å². The van der Waals surface area contributed by atoms with Gasteiger partial charge in [-0.25, -0.2) is 4.79 Å². The lowest BCUT2D eigenvalue weighted by atomic mass is 9.94. The van der Waals surface area contributed by atoms with Crippen molar-refractivity contribution in [1.82, 2.24) is 0 Å². The Kier molecular flexibility index (Phi) is 3.72. The number of hydrogen-bond acceptors (Lipinski definition) is 2. The Balaban J connectivity index is 3.05. The number of ether oxygens (including phenoxy) is 1. The highest BCUT2D eigenvalue weighted by molar-refractivity contribution is 5.62. The van der Waals surface area contributed by atoms with Gasteiger partial charge in [0, 0.05) is 0 Å². The van der Waals surface area contributed by atoms with Crippen LogP contribution < -0.4 is 4.74 Å². The average molecular weight is 208 g/mol. The molecule has 1 rings (SSSR count). The third kappa shape index (κ3) is 2.72. The molecule has 1 N–H and O–H groups in total. The lowest BCUT2D eigenvalue weighted by Gasteiger charge is -2.14. The maximum Gasteiger partial charge on any atom is 0.511 e. The summed E-state index contributed by atoms with van der Waals surface area (Å²) in [7, 11) is 0. The highest BCUT2D eigenvalue weighted by Gasteiger charge is 2.11. The van der Waals surface area contributed by atoms with Crippen molar-refractivity contribution in [1.29, 1.82) is 0 Å². The lowest BCUT2D eigenvalue weighted by molar-refractivity contribution is 0.144. The summed E-state index contributed by atoms with van der Waals surface area (Å²) in [5.74, 6) is 0.850. The molecule has 1 aromatic rings. The predicted octanol–water partition coefficient (Wildman–Crippen LogP) is 3.57. The molecule has 0 amide bonds. The number of benzene rings is 1. The van der Waals surface area contributed by atoms with Gasteiger partial charge in [-0.05, 0) is 36.5 Å². The smallest absolute Gasteiger partial charge is 0.449 e. The minimum Gasteiger partial charge on any atom is -0.449 e. The molecule has 0 aliphatic heterocycles. The first kappa shape index (κ1) is 11.6. The van der Waals surface area contributed by atoms with Gasteiger partial charge < -0.3 is 9.84 Å². The molecular weight excluding hydrogens is 192 g/mol. The largest absolute Gasteiger partial charge is 0.511 e. The van der Waals surface area contributed by atoms with Crippen molar-refractivity contribution in [2.45, 2.75) is 33.1 Å². The zero-order chi connectivity index (χ0) is 11.4. The van der Waals surface area contributed by atoms with Crippen LogP contribution in [0.25, 0.3) is 0 Å². The molecule has 0 spiro atoms. The average Bonchev–Trinajstić information content (AvgIpc) is 2.19. The summed E-state index contributed by atoms with van der Waals surface area (Å²) in [5.41, 5.74) is 2.06. The maximum atomic E-state index is 10.4. The molecule has 0 saturated heterocycles.